The molecule has 0 aliphatic carbocycles. The second-order valence-electron chi connectivity index (χ2n) is 10.7. The molecule has 11 heteroatoms. The first-order chi connectivity index (χ1) is 17.0. The van der Waals surface area contributed by atoms with Gasteiger partial charge in [-0.3, -0.25) is 0 Å². The van der Waals surface area contributed by atoms with Crippen LogP contribution in [0.4, 0.5) is 0 Å². The molecule has 0 unspecified atom stereocenters. The zero-order valence-electron chi connectivity index (χ0n) is 25.5. The van der Waals surface area contributed by atoms with E-state index < -0.39 is 34.0 Å². The van der Waals surface area contributed by atoms with Crippen LogP contribution in [0.1, 0.15) is 57.8 Å². The van der Waals surface area contributed by atoms with Crippen molar-refractivity contribution in [3.8, 4) is 0 Å². The van der Waals surface area contributed by atoms with Crippen molar-refractivity contribution in [2.24, 2.45) is 0 Å². The maximum atomic E-state index is 6.42. The Morgan fingerprint density at radius 2 is 0.528 bits per heavy atom. The Balaban J connectivity index is 4.80. The Labute approximate surface area is 228 Å². The smallest absolute Gasteiger partial charge is 0.334 e. The average Bonchev–Trinajstić information content (AvgIpc) is 2.91. The predicted octanol–water partition coefficient (Wildman–Crippen LogP) is 7.18. The van der Waals surface area contributed by atoms with E-state index in [1.807, 2.05) is 7.11 Å². The zero-order chi connectivity index (χ0) is 27.6. The van der Waals surface area contributed by atoms with Crippen LogP contribution in [-0.4, -0.2) is 83.8 Å². The fraction of sp³-hybridized carbons (Fsp3) is 1.00. The maximum absolute atomic E-state index is 6.42. The number of rotatable bonds is 25. The van der Waals surface area contributed by atoms with Gasteiger partial charge in [0.15, 0.2) is 8.32 Å². The lowest BCUT2D eigenvalue weighted by Crippen LogP contribution is -2.37. The molecule has 0 aromatic carbocycles. The molecule has 0 amide bonds. The third-order valence-corrected chi connectivity index (χ3v) is 21.9. The van der Waals surface area contributed by atoms with Gasteiger partial charge in [-0.2, -0.15) is 0 Å². The molecule has 36 heavy (non-hydrogen) atoms. The third kappa shape index (κ3) is 14.7. The third-order valence-electron chi connectivity index (χ3n) is 8.31. The molecule has 0 atom stereocenters. The van der Waals surface area contributed by atoms with Gasteiger partial charge < -0.3 is 31.0 Å². The summed E-state index contributed by atoms with van der Waals surface area (Å²) in [7, 11) is 5.05. The van der Waals surface area contributed by atoms with Crippen LogP contribution in [0.5, 0.6) is 0 Å². The summed E-state index contributed by atoms with van der Waals surface area (Å²) in [5, 5.41) is 0. The van der Waals surface area contributed by atoms with Crippen molar-refractivity contribution in [1.29, 1.82) is 0 Å². The summed E-state index contributed by atoms with van der Waals surface area (Å²) < 4.78 is 40.4. The van der Waals surface area contributed by atoms with Crippen LogP contribution in [0.2, 0.25) is 55.9 Å². The second-order valence-corrected chi connectivity index (χ2v) is 25.7. The number of hydrogen-bond acceptors (Lipinski definition) is 7. The molecular formula is C25H60O7Si4. The van der Waals surface area contributed by atoms with E-state index in [1.165, 1.54) is 75.9 Å². The predicted molar refractivity (Wildman–Crippen MR) is 160 cm³/mol. The van der Waals surface area contributed by atoms with Crippen molar-refractivity contribution >= 4 is 34.0 Å². The van der Waals surface area contributed by atoms with Gasteiger partial charge in [-0.1, -0.05) is 57.8 Å². The Hall–Kier alpha value is 0.588. The van der Waals surface area contributed by atoms with E-state index in [-0.39, 0.29) is 0 Å². The molecule has 0 rings (SSSR count). The minimum absolute atomic E-state index is 1.06. The highest BCUT2D eigenvalue weighted by Gasteiger charge is 2.34. The highest BCUT2D eigenvalue weighted by Crippen LogP contribution is 2.31. The molecule has 0 N–H and O–H groups in total. The fourth-order valence-electron chi connectivity index (χ4n) is 4.75. The van der Waals surface area contributed by atoms with Crippen LogP contribution < -0.4 is 0 Å². The lowest BCUT2D eigenvalue weighted by atomic mass is 10.3. The lowest BCUT2D eigenvalue weighted by molar-refractivity contribution is 0.248. The van der Waals surface area contributed by atoms with Crippen molar-refractivity contribution in [2.75, 3.05) is 49.8 Å². The van der Waals surface area contributed by atoms with E-state index in [4.69, 9.17) is 31.0 Å². The highest BCUT2D eigenvalue weighted by molar-refractivity contribution is 6.73. The standard InChI is InChI=1S/C25H60O7Si4/c1-26-33(8,27-2)20-14-11-17-23-36(32-7,24-18-12-15-21-34(9,28-3)29-4)25-19-13-16-22-35(10,30-5)31-6/h11-25H2,1-10H3. The molecule has 0 aromatic rings. The van der Waals surface area contributed by atoms with E-state index >= 15 is 0 Å². The highest BCUT2D eigenvalue weighted by atomic mass is 28.4. The van der Waals surface area contributed by atoms with Gasteiger partial charge >= 0.3 is 25.7 Å². The van der Waals surface area contributed by atoms with Gasteiger partial charge in [0.2, 0.25) is 0 Å². The first-order valence-electron chi connectivity index (χ1n) is 13.9. The van der Waals surface area contributed by atoms with Crippen LogP contribution in [-0.2, 0) is 31.0 Å². The number of unbranched alkanes of at least 4 members (excludes halogenated alkanes) is 6. The maximum Gasteiger partial charge on any atom is 0.334 e. The van der Waals surface area contributed by atoms with Gasteiger partial charge in [0.25, 0.3) is 0 Å². The fourth-order valence-corrected chi connectivity index (χ4v) is 13.2. The molecule has 0 radical (unpaired) electrons. The number of hydrogen-bond donors (Lipinski definition) is 0. The Bertz CT molecular complexity index is 461. The summed E-state index contributed by atoms with van der Waals surface area (Å²) in [4.78, 5) is 0. The topological polar surface area (TPSA) is 64.6 Å². The second kappa shape index (κ2) is 19.6. The van der Waals surface area contributed by atoms with E-state index in [1.54, 1.807) is 42.7 Å². The summed E-state index contributed by atoms with van der Waals surface area (Å²) in [6, 6.07) is 6.95. The van der Waals surface area contributed by atoms with E-state index in [2.05, 4.69) is 19.6 Å². The summed E-state index contributed by atoms with van der Waals surface area (Å²) in [6.07, 6.45) is 10.9. The van der Waals surface area contributed by atoms with Gasteiger partial charge in [0, 0.05) is 49.8 Å². The van der Waals surface area contributed by atoms with Gasteiger partial charge in [-0.15, -0.1) is 0 Å². The van der Waals surface area contributed by atoms with Crippen LogP contribution in [0.25, 0.3) is 0 Å². The molecule has 0 saturated carbocycles. The molecule has 0 aliphatic rings. The SMILES string of the molecule is CO[Si](CCCCC[Si](C)(OC)OC)(CCCCC[Si](C)(OC)OC)CCCCC[Si](C)(OC)OC. The quantitative estimate of drug-likeness (QED) is 0.0831. The molecule has 218 valence electrons. The van der Waals surface area contributed by atoms with Crippen LogP contribution in [0.3, 0.4) is 0 Å². The van der Waals surface area contributed by atoms with Crippen molar-refractivity contribution in [2.45, 2.75) is 114 Å². The van der Waals surface area contributed by atoms with Crippen molar-refractivity contribution in [3.63, 3.8) is 0 Å². The van der Waals surface area contributed by atoms with Crippen molar-refractivity contribution in [3.05, 3.63) is 0 Å². The van der Waals surface area contributed by atoms with Gasteiger partial charge in [0.05, 0.1) is 0 Å². The molecule has 0 aliphatic heterocycles. The lowest BCUT2D eigenvalue weighted by Gasteiger charge is -2.31. The minimum atomic E-state index is -1.96. The van der Waals surface area contributed by atoms with Gasteiger partial charge in [-0.05, 0) is 55.9 Å². The summed E-state index contributed by atoms with van der Waals surface area (Å²) in [6.45, 7) is 6.47. The van der Waals surface area contributed by atoms with E-state index in [9.17, 15) is 0 Å². The first-order valence-corrected chi connectivity index (χ1v) is 24.0. The molecule has 0 saturated heterocycles. The van der Waals surface area contributed by atoms with E-state index in [0.717, 1.165) is 18.1 Å². The Morgan fingerprint density at radius 3 is 0.722 bits per heavy atom. The molecule has 0 heterocycles. The van der Waals surface area contributed by atoms with Crippen LogP contribution >= 0.6 is 0 Å². The summed E-state index contributed by atoms with van der Waals surface area (Å²) >= 11 is 0. The normalized spacial score (nSPS) is 13.5. The molecule has 7 nitrogen and oxygen atoms in total. The van der Waals surface area contributed by atoms with Crippen molar-refractivity contribution in [1.82, 2.24) is 0 Å². The van der Waals surface area contributed by atoms with Gasteiger partial charge in [-0.25, -0.2) is 0 Å². The monoisotopic (exact) mass is 584 g/mol. The molecule has 0 bridgehead atoms. The molecular weight excluding hydrogens is 525 g/mol. The Morgan fingerprint density at radius 1 is 0.306 bits per heavy atom. The molecule has 0 spiro atoms. The zero-order valence-corrected chi connectivity index (χ0v) is 29.5. The summed E-state index contributed by atoms with van der Waals surface area (Å²) in [5.74, 6) is 0. The Kier molecular flexibility index (Phi) is 19.9. The van der Waals surface area contributed by atoms with Gasteiger partial charge in [0.1, 0.15) is 0 Å². The summed E-state index contributed by atoms with van der Waals surface area (Å²) in [5.41, 5.74) is 0. The van der Waals surface area contributed by atoms with Crippen molar-refractivity contribution < 1.29 is 31.0 Å². The van der Waals surface area contributed by atoms with Crippen LogP contribution in [0, 0.1) is 0 Å². The minimum Gasteiger partial charge on any atom is -0.420 e. The first kappa shape index (κ1) is 36.6. The van der Waals surface area contributed by atoms with E-state index in [0.29, 0.717) is 0 Å². The van der Waals surface area contributed by atoms with Crippen LogP contribution in [0.15, 0.2) is 0 Å². The molecule has 0 aromatic heterocycles. The average molecular weight is 585 g/mol. The largest absolute Gasteiger partial charge is 0.420 e. The molecule has 0 fully saturated rings.